The summed E-state index contributed by atoms with van der Waals surface area (Å²) in [6, 6.07) is 13.2. The minimum atomic E-state index is -0.642. The molecule has 1 saturated heterocycles. The van der Waals surface area contributed by atoms with Crippen LogP contribution in [-0.4, -0.2) is 63.2 Å². The second kappa shape index (κ2) is 11.8. The molecule has 3 heterocycles. The van der Waals surface area contributed by atoms with E-state index in [2.05, 4.69) is 15.2 Å². The van der Waals surface area contributed by atoms with Crippen molar-refractivity contribution >= 4 is 28.8 Å². The van der Waals surface area contributed by atoms with E-state index in [0.717, 1.165) is 10.4 Å². The maximum absolute atomic E-state index is 13.4. The molecule has 2 atom stereocenters. The quantitative estimate of drug-likeness (QED) is 0.317. The summed E-state index contributed by atoms with van der Waals surface area (Å²) in [6.45, 7) is 2.16. The molecule has 0 bridgehead atoms. The Hall–Kier alpha value is -3.67. The fraction of sp³-hybridized carbons (Fsp3) is 0.320. The lowest BCUT2D eigenvalue weighted by molar-refractivity contribution is -0.384. The number of rotatable bonds is 10. The molecule has 2 aromatic heterocycles. The molecule has 0 aliphatic carbocycles. The van der Waals surface area contributed by atoms with Gasteiger partial charge in [0.15, 0.2) is 0 Å². The van der Waals surface area contributed by atoms with Gasteiger partial charge in [0.2, 0.25) is 5.91 Å². The number of pyridine rings is 1. The standard InChI is InChI=1S/C25H28N6O4S/c26-9-11-28-24(32)23-13-21(16-30(23)25(33)19-3-1-10-27-14-19)29(17-22-4-2-12-36-22)15-18-5-7-20(8-6-18)31(34)35/h1-8,10,12,14,21,23H,9,11,13,15-17,26H2,(H,28,32). The van der Waals surface area contributed by atoms with Crippen LogP contribution in [-0.2, 0) is 17.9 Å². The number of nitrogens with one attached hydrogen (secondary N) is 1. The Kier molecular flexibility index (Phi) is 8.36. The lowest BCUT2D eigenvalue weighted by Crippen LogP contribution is -2.47. The van der Waals surface area contributed by atoms with Crippen molar-refractivity contribution < 1.29 is 14.5 Å². The van der Waals surface area contributed by atoms with Crippen LogP contribution in [0, 0.1) is 10.1 Å². The third-order valence-electron chi connectivity index (χ3n) is 6.18. The molecule has 36 heavy (non-hydrogen) atoms. The SMILES string of the molecule is NCCNC(=O)C1CC(N(Cc2ccc([N+](=O)[O-])cc2)Cc2cccs2)CN1C(=O)c1cccnc1. The van der Waals surface area contributed by atoms with Gasteiger partial charge >= 0.3 is 0 Å². The summed E-state index contributed by atoms with van der Waals surface area (Å²) in [5, 5.41) is 15.9. The minimum Gasteiger partial charge on any atom is -0.353 e. The van der Waals surface area contributed by atoms with Gasteiger partial charge < -0.3 is 16.0 Å². The summed E-state index contributed by atoms with van der Waals surface area (Å²) < 4.78 is 0. The molecule has 11 heteroatoms. The Bertz CT molecular complexity index is 1170. The van der Waals surface area contributed by atoms with Crippen LogP contribution in [0.15, 0.2) is 66.3 Å². The molecule has 4 rings (SSSR count). The highest BCUT2D eigenvalue weighted by atomic mass is 32.1. The predicted octanol–water partition coefficient (Wildman–Crippen LogP) is 2.41. The summed E-state index contributed by atoms with van der Waals surface area (Å²) in [5.74, 6) is -0.475. The average Bonchev–Trinajstić information content (AvgIpc) is 3.58. The first-order valence-corrected chi connectivity index (χ1v) is 12.5. The topological polar surface area (TPSA) is 135 Å². The minimum absolute atomic E-state index is 0.0364. The molecule has 1 aromatic carbocycles. The Morgan fingerprint density at radius 2 is 2.00 bits per heavy atom. The normalized spacial score (nSPS) is 17.3. The second-order valence-electron chi connectivity index (χ2n) is 8.59. The van der Waals surface area contributed by atoms with Gasteiger partial charge in [0.1, 0.15) is 6.04 Å². The van der Waals surface area contributed by atoms with Crippen LogP contribution in [0.3, 0.4) is 0 Å². The van der Waals surface area contributed by atoms with Gasteiger partial charge in [0, 0.05) is 68.2 Å². The number of non-ortho nitro benzene ring substituents is 1. The fourth-order valence-electron chi connectivity index (χ4n) is 4.39. The van der Waals surface area contributed by atoms with Gasteiger partial charge in [0.05, 0.1) is 10.5 Å². The van der Waals surface area contributed by atoms with E-state index in [0.29, 0.717) is 44.7 Å². The lowest BCUT2D eigenvalue weighted by Gasteiger charge is -2.28. The van der Waals surface area contributed by atoms with Crippen molar-refractivity contribution in [2.75, 3.05) is 19.6 Å². The highest BCUT2D eigenvalue weighted by Crippen LogP contribution is 2.28. The molecule has 188 valence electrons. The Labute approximate surface area is 212 Å². The molecule has 1 fully saturated rings. The van der Waals surface area contributed by atoms with Gasteiger partial charge in [-0.15, -0.1) is 11.3 Å². The second-order valence-corrected chi connectivity index (χ2v) is 9.62. The zero-order valence-electron chi connectivity index (χ0n) is 19.7. The van der Waals surface area contributed by atoms with Crippen LogP contribution in [0.25, 0.3) is 0 Å². The number of nitro groups is 1. The van der Waals surface area contributed by atoms with Crippen LogP contribution in [0.4, 0.5) is 5.69 Å². The van der Waals surface area contributed by atoms with E-state index >= 15 is 0 Å². The van der Waals surface area contributed by atoms with E-state index < -0.39 is 11.0 Å². The van der Waals surface area contributed by atoms with Crippen molar-refractivity contribution in [1.82, 2.24) is 20.1 Å². The first-order chi connectivity index (χ1) is 17.5. The number of nitro benzene ring substituents is 1. The van der Waals surface area contributed by atoms with Crippen molar-refractivity contribution in [2.24, 2.45) is 5.73 Å². The number of nitrogens with zero attached hydrogens (tertiary/aromatic N) is 4. The highest BCUT2D eigenvalue weighted by Gasteiger charge is 2.42. The van der Waals surface area contributed by atoms with Crippen molar-refractivity contribution in [2.45, 2.75) is 31.6 Å². The first kappa shape index (κ1) is 25.4. The number of amides is 2. The number of hydrogen-bond acceptors (Lipinski definition) is 8. The molecule has 0 radical (unpaired) electrons. The van der Waals surface area contributed by atoms with Gasteiger partial charge in [-0.1, -0.05) is 18.2 Å². The molecule has 2 unspecified atom stereocenters. The van der Waals surface area contributed by atoms with Crippen molar-refractivity contribution in [3.05, 3.63) is 92.4 Å². The lowest BCUT2D eigenvalue weighted by atomic mass is 10.1. The van der Waals surface area contributed by atoms with Crippen LogP contribution in [0.1, 0.15) is 27.2 Å². The molecular weight excluding hydrogens is 480 g/mol. The van der Waals surface area contributed by atoms with E-state index in [4.69, 9.17) is 5.73 Å². The van der Waals surface area contributed by atoms with E-state index in [1.807, 2.05) is 17.5 Å². The number of carbonyl (C=O) groups excluding carboxylic acids is 2. The third kappa shape index (κ3) is 6.11. The molecule has 3 aromatic rings. The maximum atomic E-state index is 13.4. The van der Waals surface area contributed by atoms with Crippen molar-refractivity contribution in [3.63, 3.8) is 0 Å². The number of thiophene rings is 1. The van der Waals surface area contributed by atoms with E-state index in [9.17, 15) is 19.7 Å². The molecule has 1 aliphatic heterocycles. The molecule has 2 amide bonds. The largest absolute Gasteiger partial charge is 0.353 e. The summed E-state index contributed by atoms with van der Waals surface area (Å²) in [4.78, 5) is 46.1. The number of benzene rings is 1. The Balaban J connectivity index is 1.60. The Morgan fingerprint density at radius 3 is 2.64 bits per heavy atom. The van der Waals surface area contributed by atoms with Crippen molar-refractivity contribution in [1.29, 1.82) is 0 Å². The number of carbonyl (C=O) groups is 2. The number of nitrogens with two attached hydrogens (primary N) is 1. The van der Waals surface area contributed by atoms with Gasteiger partial charge in [0.25, 0.3) is 11.6 Å². The van der Waals surface area contributed by atoms with Crippen LogP contribution in [0.5, 0.6) is 0 Å². The predicted molar refractivity (Wildman–Crippen MR) is 136 cm³/mol. The highest BCUT2D eigenvalue weighted by molar-refractivity contribution is 7.09. The maximum Gasteiger partial charge on any atom is 0.269 e. The summed E-state index contributed by atoms with van der Waals surface area (Å²) in [5.41, 5.74) is 6.95. The number of aromatic nitrogens is 1. The van der Waals surface area contributed by atoms with Crippen LogP contribution >= 0.6 is 11.3 Å². The summed E-state index contributed by atoms with van der Waals surface area (Å²) in [7, 11) is 0. The van der Waals surface area contributed by atoms with Gasteiger partial charge in [-0.2, -0.15) is 0 Å². The first-order valence-electron chi connectivity index (χ1n) is 11.6. The molecule has 0 spiro atoms. The third-order valence-corrected chi connectivity index (χ3v) is 7.04. The van der Waals surface area contributed by atoms with Crippen LogP contribution < -0.4 is 11.1 Å². The summed E-state index contributed by atoms with van der Waals surface area (Å²) >= 11 is 1.64. The van der Waals surface area contributed by atoms with Gasteiger partial charge in [-0.05, 0) is 35.6 Å². The molecule has 3 N–H and O–H groups in total. The molecule has 10 nitrogen and oxygen atoms in total. The molecular formula is C25H28N6O4S. The fourth-order valence-corrected chi connectivity index (χ4v) is 5.12. The average molecular weight is 509 g/mol. The zero-order valence-corrected chi connectivity index (χ0v) is 20.5. The molecule has 0 saturated carbocycles. The number of hydrogen-bond donors (Lipinski definition) is 2. The van der Waals surface area contributed by atoms with Gasteiger partial charge in [-0.25, -0.2) is 0 Å². The van der Waals surface area contributed by atoms with Crippen molar-refractivity contribution in [3.8, 4) is 0 Å². The van der Waals surface area contributed by atoms with E-state index in [-0.39, 0.29) is 23.5 Å². The monoisotopic (exact) mass is 508 g/mol. The smallest absolute Gasteiger partial charge is 0.269 e. The molecule has 1 aliphatic rings. The summed E-state index contributed by atoms with van der Waals surface area (Å²) in [6.07, 6.45) is 3.56. The zero-order chi connectivity index (χ0) is 25.5. The van der Waals surface area contributed by atoms with E-state index in [1.54, 1.807) is 46.7 Å². The number of likely N-dealkylation sites (tertiary alicyclic amines) is 1. The Morgan fingerprint density at radius 1 is 1.19 bits per heavy atom. The van der Waals surface area contributed by atoms with E-state index in [1.165, 1.54) is 18.3 Å². The van der Waals surface area contributed by atoms with Gasteiger partial charge in [-0.3, -0.25) is 29.6 Å². The van der Waals surface area contributed by atoms with Crippen LogP contribution in [0.2, 0.25) is 0 Å².